The molecule has 0 atom stereocenters. The lowest BCUT2D eigenvalue weighted by molar-refractivity contribution is 0.372. The van der Waals surface area contributed by atoms with Crippen molar-refractivity contribution in [2.24, 2.45) is 7.05 Å². The van der Waals surface area contributed by atoms with Crippen LogP contribution in [-0.2, 0) is 7.05 Å². The number of rotatable bonds is 1. The van der Waals surface area contributed by atoms with Crippen molar-refractivity contribution in [2.45, 2.75) is 6.42 Å². The highest BCUT2D eigenvalue weighted by molar-refractivity contribution is 5.61. The lowest BCUT2D eigenvalue weighted by Gasteiger charge is -2.21. The third-order valence-electron chi connectivity index (χ3n) is 2.23. The maximum absolute atomic E-state index is 4.28. The molecule has 0 bridgehead atoms. The van der Waals surface area contributed by atoms with Crippen molar-refractivity contribution >= 4 is 5.57 Å². The summed E-state index contributed by atoms with van der Waals surface area (Å²) in [6, 6.07) is 0. The second-order valence-electron chi connectivity index (χ2n) is 3.50. The van der Waals surface area contributed by atoms with Crippen LogP contribution in [0.5, 0.6) is 0 Å². The molecule has 1 aliphatic rings. The van der Waals surface area contributed by atoms with Gasteiger partial charge in [0.1, 0.15) is 6.33 Å². The lowest BCUT2D eigenvalue weighted by atomic mass is 10.1. The van der Waals surface area contributed by atoms with E-state index in [0.29, 0.717) is 0 Å². The average Bonchev–Trinajstić information content (AvgIpc) is 2.52. The van der Waals surface area contributed by atoms with Crippen LogP contribution in [-0.4, -0.2) is 39.8 Å². The molecule has 4 nitrogen and oxygen atoms in total. The van der Waals surface area contributed by atoms with Gasteiger partial charge in [-0.1, -0.05) is 6.08 Å². The third-order valence-corrected chi connectivity index (χ3v) is 2.23. The van der Waals surface area contributed by atoms with Gasteiger partial charge in [-0.15, -0.1) is 0 Å². The molecule has 0 N–H and O–H groups in total. The second kappa shape index (κ2) is 3.30. The first-order valence-corrected chi connectivity index (χ1v) is 4.49. The molecule has 1 aromatic rings. The van der Waals surface area contributed by atoms with Crippen LogP contribution >= 0.6 is 0 Å². The third kappa shape index (κ3) is 1.78. The normalized spacial score (nSPS) is 18.8. The summed E-state index contributed by atoms with van der Waals surface area (Å²) in [5.41, 5.74) is 1.24. The zero-order valence-corrected chi connectivity index (χ0v) is 8.06. The minimum atomic E-state index is 0.869. The van der Waals surface area contributed by atoms with Crippen LogP contribution in [0.2, 0.25) is 0 Å². The maximum atomic E-state index is 4.28. The fraction of sp³-hybridized carbons (Fsp3) is 0.556. The van der Waals surface area contributed by atoms with Crippen LogP contribution in [0.25, 0.3) is 5.57 Å². The van der Waals surface area contributed by atoms with Crippen molar-refractivity contribution < 1.29 is 0 Å². The highest BCUT2D eigenvalue weighted by Gasteiger charge is 2.12. The Morgan fingerprint density at radius 2 is 2.23 bits per heavy atom. The van der Waals surface area contributed by atoms with E-state index >= 15 is 0 Å². The number of hydrogen-bond donors (Lipinski definition) is 0. The van der Waals surface area contributed by atoms with Crippen molar-refractivity contribution in [1.82, 2.24) is 19.7 Å². The molecular weight excluding hydrogens is 164 g/mol. The van der Waals surface area contributed by atoms with Gasteiger partial charge in [0.25, 0.3) is 0 Å². The summed E-state index contributed by atoms with van der Waals surface area (Å²) in [5.74, 6) is 0.869. The summed E-state index contributed by atoms with van der Waals surface area (Å²) < 4.78 is 1.74. The topological polar surface area (TPSA) is 34.0 Å². The van der Waals surface area contributed by atoms with Crippen molar-refractivity contribution in [3.05, 3.63) is 18.2 Å². The highest BCUT2D eigenvalue weighted by atomic mass is 15.3. The van der Waals surface area contributed by atoms with E-state index < -0.39 is 0 Å². The summed E-state index contributed by atoms with van der Waals surface area (Å²) in [4.78, 5) is 6.51. The minimum absolute atomic E-state index is 0.869. The summed E-state index contributed by atoms with van der Waals surface area (Å²) >= 11 is 0. The molecule has 0 spiro atoms. The van der Waals surface area contributed by atoms with Crippen molar-refractivity contribution in [3.63, 3.8) is 0 Å². The number of hydrogen-bond acceptors (Lipinski definition) is 3. The number of likely N-dealkylation sites (N-methyl/N-ethyl adjacent to an activating group) is 1. The molecule has 13 heavy (non-hydrogen) atoms. The Bertz CT molecular complexity index is 326. The van der Waals surface area contributed by atoms with E-state index in [4.69, 9.17) is 0 Å². The predicted molar refractivity (Wildman–Crippen MR) is 51.1 cm³/mol. The van der Waals surface area contributed by atoms with Gasteiger partial charge < -0.3 is 4.90 Å². The van der Waals surface area contributed by atoms with Gasteiger partial charge in [-0.3, -0.25) is 4.68 Å². The average molecular weight is 178 g/mol. The van der Waals surface area contributed by atoms with Gasteiger partial charge in [0.15, 0.2) is 5.82 Å². The van der Waals surface area contributed by atoms with E-state index in [1.54, 1.807) is 11.0 Å². The highest BCUT2D eigenvalue weighted by Crippen LogP contribution is 2.15. The molecule has 1 aromatic heterocycles. The minimum Gasteiger partial charge on any atom is -0.302 e. The molecular formula is C9H14N4. The predicted octanol–water partition coefficient (Wildman–Crippen LogP) is 0.534. The summed E-state index contributed by atoms with van der Waals surface area (Å²) in [6.45, 7) is 2.10. The summed E-state index contributed by atoms with van der Waals surface area (Å²) in [6.07, 6.45) is 5.07. The van der Waals surface area contributed by atoms with Crippen LogP contribution in [0.15, 0.2) is 12.4 Å². The quantitative estimate of drug-likeness (QED) is 0.629. The van der Waals surface area contributed by atoms with E-state index in [1.165, 1.54) is 5.57 Å². The number of aryl methyl sites for hydroxylation is 1. The molecule has 0 unspecified atom stereocenters. The van der Waals surface area contributed by atoms with Gasteiger partial charge in [-0.2, -0.15) is 5.10 Å². The SMILES string of the molecule is CN1CCC=C(c2ncn(C)n2)C1. The van der Waals surface area contributed by atoms with Gasteiger partial charge in [0.05, 0.1) is 0 Å². The van der Waals surface area contributed by atoms with Gasteiger partial charge in [0.2, 0.25) is 0 Å². The largest absolute Gasteiger partial charge is 0.302 e. The Hall–Kier alpha value is -1.16. The van der Waals surface area contributed by atoms with Gasteiger partial charge >= 0.3 is 0 Å². The van der Waals surface area contributed by atoms with Crippen LogP contribution in [0.3, 0.4) is 0 Å². The Labute approximate surface area is 77.9 Å². The molecule has 70 valence electrons. The van der Waals surface area contributed by atoms with Crippen LogP contribution in [0.1, 0.15) is 12.2 Å². The fourth-order valence-electron chi connectivity index (χ4n) is 1.54. The summed E-state index contributed by atoms with van der Waals surface area (Å²) in [5, 5.41) is 4.28. The van der Waals surface area contributed by atoms with Crippen LogP contribution < -0.4 is 0 Å². The molecule has 0 aromatic carbocycles. The standard InChI is InChI=1S/C9H14N4/c1-12-5-3-4-8(6-12)9-10-7-13(2)11-9/h4,7H,3,5-6H2,1-2H3. The maximum Gasteiger partial charge on any atom is 0.177 e. The number of nitrogens with zero attached hydrogens (tertiary/aromatic N) is 4. The molecule has 0 amide bonds. The van der Waals surface area contributed by atoms with E-state index in [1.807, 2.05) is 7.05 Å². The molecule has 2 heterocycles. The van der Waals surface area contributed by atoms with Gasteiger partial charge in [0, 0.05) is 25.7 Å². The van der Waals surface area contributed by atoms with E-state index in [2.05, 4.69) is 28.1 Å². The van der Waals surface area contributed by atoms with Crippen molar-refractivity contribution in [2.75, 3.05) is 20.1 Å². The first-order chi connectivity index (χ1) is 6.25. The van der Waals surface area contributed by atoms with E-state index in [-0.39, 0.29) is 0 Å². The van der Waals surface area contributed by atoms with E-state index in [0.717, 1.165) is 25.3 Å². The van der Waals surface area contributed by atoms with Crippen LogP contribution in [0, 0.1) is 0 Å². The monoisotopic (exact) mass is 178 g/mol. The molecule has 0 saturated carbocycles. The Morgan fingerprint density at radius 3 is 2.85 bits per heavy atom. The fourth-order valence-corrected chi connectivity index (χ4v) is 1.54. The van der Waals surface area contributed by atoms with Crippen molar-refractivity contribution in [3.8, 4) is 0 Å². The molecule has 0 saturated heterocycles. The molecule has 0 fully saturated rings. The molecule has 1 aliphatic heterocycles. The van der Waals surface area contributed by atoms with Gasteiger partial charge in [-0.25, -0.2) is 4.98 Å². The van der Waals surface area contributed by atoms with E-state index in [9.17, 15) is 0 Å². The second-order valence-corrected chi connectivity index (χ2v) is 3.50. The summed E-state index contributed by atoms with van der Waals surface area (Å²) in [7, 11) is 4.01. The molecule has 2 rings (SSSR count). The Kier molecular flexibility index (Phi) is 2.14. The first kappa shape index (κ1) is 8.44. The smallest absolute Gasteiger partial charge is 0.177 e. The lowest BCUT2D eigenvalue weighted by Crippen LogP contribution is -2.25. The van der Waals surface area contributed by atoms with Gasteiger partial charge in [-0.05, 0) is 13.5 Å². The zero-order chi connectivity index (χ0) is 9.26. The Balaban J connectivity index is 2.21. The number of aromatic nitrogens is 3. The zero-order valence-electron chi connectivity index (χ0n) is 8.06. The van der Waals surface area contributed by atoms with Crippen LogP contribution in [0.4, 0.5) is 0 Å². The molecule has 4 heteroatoms. The first-order valence-electron chi connectivity index (χ1n) is 4.49. The molecule has 0 aliphatic carbocycles. The Morgan fingerprint density at radius 1 is 1.38 bits per heavy atom. The molecule has 0 radical (unpaired) electrons. The van der Waals surface area contributed by atoms with Crippen molar-refractivity contribution in [1.29, 1.82) is 0 Å².